The second kappa shape index (κ2) is 10.6. The van der Waals surface area contributed by atoms with Gasteiger partial charge in [-0.1, -0.05) is 18.2 Å². The Bertz CT molecular complexity index is 1740. The highest BCUT2D eigenvalue weighted by atomic mass is 32.1. The van der Waals surface area contributed by atoms with Gasteiger partial charge in [0.05, 0.1) is 36.7 Å². The fourth-order valence-corrected chi connectivity index (χ4v) is 6.54. The smallest absolute Gasteiger partial charge is 0.252 e. The van der Waals surface area contributed by atoms with Crippen molar-refractivity contribution in [1.29, 1.82) is 5.26 Å². The van der Waals surface area contributed by atoms with Crippen molar-refractivity contribution in [1.82, 2.24) is 19.4 Å². The maximum absolute atomic E-state index is 13.1. The van der Waals surface area contributed by atoms with Crippen molar-refractivity contribution in [3.8, 4) is 23.2 Å². The summed E-state index contributed by atoms with van der Waals surface area (Å²) in [6.45, 7) is 4.96. The first-order valence-electron chi connectivity index (χ1n) is 13.2. The third kappa shape index (κ3) is 5.03. The van der Waals surface area contributed by atoms with Crippen molar-refractivity contribution in [2.45, 2.75) is 25.8 Å². The van der Waals surface area contributed by atoms with Crippen molar-refractivity contribution in [3.63, 3.8) is 0 Å². The van der Waals surface area contributed by atoms with Gasteiger partial charge < -0.3 is 9.64 Å². The van der Waals surface area contributed by atoms with Crippen molar-refractivity contribution >= 4 is 31.6 Å². The lowest BCUT2D eigenvalue weighted by Gasteiger charge is -2.28. The van der Waals surface area contributed by atoms with Gasteiger partial charge in [0.1, 0.15) is 4.83 Å². The quantitative estimate of drug-likeness (QED) is 0.270. The highest BCUT2D eigenvalue weighted by molar-refractivity contribution is 7.25. The molecule has 1 aliphatic rings. The fraction of sp³-hybridized carbons (Fsp3) is 0.290. The summed E-state index contributed by atoms with van der Waals surface area (Å²) in [5.41, 5.74) is 2.42. The SMILES string of the molecule is CC(c1cccc(-c2ncc(OCC3CCN(C)CC3)cn2)c1)n1c(=O)ccc2c3cc(C#N)ccc3sc21. The molecular formula is C31H29N5O2S. The van der Waals surface area contributed by atoms with Crippen molar-refractivity contribution in [3.05, 3.63) is 88.5 Å². The van der Waals surface area contributed by atoms with Gasteiger partial charge in [-0.3, -0.25) is 9.36 Å². The minimum atomic E-state index is -0.207. The number of pyridine rings is 1. The lowest BCUT2D eigenvalue weighted by molar-refractivity contribution is 0.159. The predicted octanol–water partition coefficient (Wildman–Crippen LogP) is 5.87. The summed E-state index contributed by atoms with van der Waals surface area (Å²) in [6, 6.07) is 19.2. The zero-order chi connectivity index (χ0) is 26.9. The van der Waals surface area contributed by atoms with Crippen LogP contribution in [0.4, 0.5) is 0 Å². The molecule has 39 heavy (non-hydrogen) atoms. The van der Waals surface area contributed by atoms with Gasteiger partial charge in [0.25, 0.3) is 5.56 Å². The molecule has 2 aromatic carbocycles. The molecule has 0 saturated carbocycles. The van der Waals surface area contributed by atoms with Crippen LogP contribution in [-0.4, -0.2) is 46.2 Å². The molecule has 0 aliphatic carbocycles. The Balaban J connectivity index is 1.25. The summed E-state index contributed by atoms with van der Waals surface area (Å²) in [6.07, 6.45) is 5.79. The molecule has 6 rings (SSSR count). The third-order valence-corrected chi connectivity index (χ3v) is 8.84. The molecule has 0 spiro atoms. The van der Waals surface area contributed by atoms with E-state index in [0.29, 0.717) is 29.7 Å². The van der Waals surface area contributed by atoms with E-state index in [1.807, 2.05) is 60.0 Å². The number of thiophene rings is 1. The average Bonchev–Trinajstić information content (AvgIpc) is 3.34. The van der Waals surface area contributed by atoms with Gasteiger partial charge in [0.2, 0.25) is 0 Å². The Morgan fingerprint density at radius 3 is 2.64 bits per heavy atom. The molecule has 1 fully saturated rings. The number of likely N-dealkylation sites (tertiary alicyclic amines) is 1. The Labute approximate surface area is 230 Å². The van der Waals surface area contributed by atoms with Gasteiger partial charge in [-0.25, -0.2) is 9.97 Å². The number of hydrogen-bond acceptors (Lipinski definition) is 7. The number of fused-ring (bicyclic) bond motifs is 3. The zero-order valence-electron chi connectivity index (χ0n) is 22.0. The summed E-state index contributed by atoms with van der Waals surface area (Å²) < 4.78 is 8.88. The van der Waals surface area contributed by atoms with Gasteiger partial charge >= 0.3 is 0 Å². The van der Waals surface area contributed by atoms with Crippen LogP contribution < -0.4 is 10.3 Å². The highest BCUT2D eigenvalue weighted by Gasteiger charge is 2.19. The van der Waals surface area contributed by atoms with Crippen LogP contribution in [0.15, 0.2) is 71.8 Å². The summed E-state index contributed by atoms with van der Waals surface area (Å²) in [5, 5.41) is 11.3. The lowest BCUT2D eigenvalue weighted by atomic mass is 9.98. The number of benzene rings is 2. The van der Waals surface area contributed by atoms with E-state index in [1.165, 1.54) is 0 Å². The Morgan fingerprint density at radius 1 is 1.08 bits per heavy atom. The molecule has 4 heterocycles. The first-order chi connectivity index (χ1) is 19.0. The van der Waals surface area contributed by atoms with E-state index >= 15 is 0 Å². The van der Waals surface area contributed by atoms with E-state index in [-0.39, 0.29) is 11.6 Å². The van der Waals surface area contributed by atoms with E-state index in [9.17, 15) is 10.1 Å². The van der Waals surface area contributed by atoms with Crippen LogP contribution in [0.3, 0.4) is 0 Å². The highest BCUT2D eigenvalue weighted by Crippen LogP contribution is 2.36. The zero-order valence-corrected chi connectivity index (χ0v) is 22.8. The normalized spacial score (nSPS) is 15.4. The number of aromatic nitrogens is 3. The molecular weight excluding hydrogens is 506 g/mol. The minimum absolute atomic E-state index is 0.0603. The first kappa shape index (κ1) is 25.2. The van der Waals surface area contributed by atoms with Crippen LogP contribution in [-0.2, 0) is 0 Å². The molecule has 0 radical (unpaired) electrons. The van der Waals surface area contributed by atoms with Crippen LogP contribution >= 0.6 is 11.3 Å². The number of hydrogen-bond donors (Lipinski definition) is 0. The summed E-state index contributed by atoms with van der Waals surface area (Å²) >= 11 is 1.57. The number of rotatable bonds is 6. The molecule has 0 bridgehead atoms. The van der Waals surface area contributed by atoms with E-state index in [4.69, 9.17) is 4.74 Å². The maximum atomic E-state index is 13.1. The molecule has 1 atom stereocenters. The van der Waals surface area contributed by atoms with Crippen LogP contribution in [0.25, 0.3) is 31.7 Å². The molecule has 1 unspecified atom stereocenters. The van der Waals surface area contributed by atoms with Crippen LogP contribution in [0.1, 0.15) is 36.9 Å². The number of piperidine rings is 1. The Morgan fingerprint density at radius 2 is 1.87 bits per heavy atom. The molecule has 1 saturated heterocycles. The second-order valence-corrected chi connectivity index (χ2v) is 11.3. The standard InChI is InChI=1S/C31H29N5O2S/c1-20(36-29(37)9-7-26-27-14-22(16-32)6-8-28(27)39-31(26)36)23-4-3-5-24(15-23)30-33-17-25(18-34-30)38-19-21-10-12-35(2)13-11-21/h3-9,14-15,17-18,20-21H,10-13,19H2,1-2H3. The average molecular weight is 536 g/mol. The van der Waals surface area contributed by atoms with Crippen LogP contribution in [0, 0.1) is 17.2 Å². The lowest BCUT2D eigenvalue weighted by Crippen LogP contribution is -2.32. The second-order valence-electron chi connectivity index (χ2n) is 10.3. The third-order valence-electron chi connectivity index (χ3n) is 7.65. The molecule has 0 N–H and O–H groups in total. The first-order valence-corrected chi connectivity index (χ1v) is 14.0. The predicted molar refractivity (Wildman–Crippen MR) is 155 cm³/mol. The van der Waals surface area contributed by atoms with Gasteiger partial charge in [-0.05, 0) is 81.7 Å². The van der Waals surface area contributed by atoms with Crippen molar-refractivity contribution in [2.24, 2.45) is 5.92 Å². The van der Waals surface area contributed by atoms with Crippen molar-refractivity contribution in [2.75, 3.05) is 26.7 Å². The van der Waals surface area contributed by atoms with Crippen LogP contribution in [0.5, 0.6) is 5.75 Å². The van der Waals surface area contributed by atoms with Crippen molar-refractivity contribution < 1.29 is 4.74 Å². The molecule has 7 nitrogen and oxygen atoms in total. The van der Waals surface area contributed by atoms with E-state index in [0.717, 1.165) is 57.4 Å². The monoisotopic (exact) mass is 535 g/mol. The summed E-state index contributed by atoms with van der Waals surface area (Å²) in [5.74, 6) is 1.87. The summed E-state index contributed by atoms with van der Waals surface area (Å²) in [7, 11) is 2.16. The van der Waals surface area contributed by atoms with E-state index < -0.39 is 0 Å². The Kier molecular flexibility index (Phi) is 6.86. The molecule has 1 aliphatic heterocycles. The Hall–Kier alpha value is -4.06. The maximum Gasteiger partial charge on any atom is 0.252 e. The van der Waals surface area contributed by atoms with Gasteiger partial charge in [-0.15, -0.1) is 11.3 Å². The van der Waals surface area contributed by atoms with Gasteiger partial charge in [0, 0.05) is 27.1 Å². The minimum Gasteiger partial charge on any atom is -0.490 e. The van der Waals surface area contributed by atoms with Gasteiger partial charge in [-0.2, -0.15) is 5.26 Å². The largest absolute Gasteiger partial charge is 0.490 e. The molecule has 3 aromatic heterocycles. The molecule has 8 heteroatoms. The molecule has 196 valence electrons. The molecule has 0 amide bonds. The van der Waals surface area contributed by atoms with E-state index in [1.54, 1.807) is 29.8 Å². The number of ether oxygens (including phenoxy) is 1. The molecule has 5 aromatic rings. The fourth-order valence-electron chi connectivity index (χ4n) is 5.28. The van der Waals surface area contributed by atoms with Gasteiger partial charge in [0.15, 0.2) is 11.6 Å². The van der Waals surface area contributed by atoms with E-state index in [2.05, 4.69) is 28.0 Å². The summed E-state index contributed by atoms with van der Waals surface area (Å²) in [4.78, 5) is 25.5. The number of nitrogens with zero attached hydrogens (tertiary/aromatic N) is 5. The number of nitriles is 1. The topological polar surface area (TPSA) is 84.0 Å². The van der Waals surface area contributed by atoms with Crippen LogP contribution in [0.2, 0.25) is 0 Å².